The van der Waals surface area contributed by atoms with Crippen molar-refractivity contribution >= 4 is 23.4 Å². The Labute approximate surface area is 130 Å². The molecule has 0 aliphatic rings. The predicted octanol–water partition coefficient (Wildman–Crippen LogP) is 0.430. The van der Waals surface area contributed by atoms with Gasteiger partial charge in [0.25, 0.3) is 5.91 Å². The van der Waals surface area contributed by atoms with Gasteiger partial charge in [-0.3, -0.25) is 14.2 Å². The first-order chi connectivity index (χ1) is 10.5. The van der Waals surface area contributed by atoms with E-state index in [2.05, 4.69) is 20.4 Å². The summed E-state index contributed by atoms with van der Waals surface area (Å²) in [5.41, 5.74) is 0.456. The van der Waals surface area contributed by atoms with E-state index in [9.17, 15) is 14.8 Å². The maximum atomic E-state index is 11.8. The molecule has 2 amide bonds. The molecule has 2 rings (SSSR count). The largest absolute Gasteiger partial charge is 0.359 e. The zero-order valence-electron chi connectivity index (χ0n) is 11.6. The molecule has 1 aromatic carbocycles. The molecule has 1 heterocycles. The van der Waals surface area contributed by atoms with Gasteiger partial charge in [-0.15, -0.1) is 0 Å². The first-order valence-electron chi connectivity index (χ1n) is 6.37. The Hall–Kier alpha value is -2.61. The molecule has 9 heteroatoms. The molecule has 0 spiro atoms. The van der Waals surface area contributed by atoms with E-state index in [0.717, 1.165) is 0 Å². The molecule has 8 nitrogen and oxygen atoms in total. The third-order valence-corrected chi connectivity index (χ3v) is 3.09. The summed E-state index contributed by atoms with van der Waals surface area (Å²) in [6.45, 7) is 1.82. The monoisotopic (exact) mass is 324 g/mol. The van der Waals surface area contributed by atoms with Crippen molar-refractivity contribution in [1.82, 2.24) is 15.8 Å². The van der Waals surface area contributed by atoms with Crippen LogP contribution in [0.5, 0.6) is 0 Å². The van der Waals surface area contributed by atoms with Crippen LogP contribution in [0, 0.1) is 12.1 Å². The van der Waals surface area contributed by atoms with Gasteiger partial charge in [-0.05, 0) is 29.2 Å². The highest BCUT2D eigenvalue weighted by atomic mass is 35.5. The standard InChI is InChI=1S/C13H13ClN4O4/c1-8-11(17-22-18(8)21)13(20)16-7-6-15-12(19)9-2-4-10(14)5-3-9/h2-5H,6-7H2,1H3,(H,15,19)(H,16,20). The van der Waals surface area contributed by atoms with E-state index in [-0.39, 0.29) is 35.3 Å². The molecule has 2 N–H and O–H groups in total. The van der Waals surface area contributed by atoms with E-state index in [1.807, 2.05) is 0 Å². The van der Waals surface area contributed by atoms with Gasteiger partial charge in [0.05, 0.1) is 5.16 Å². The van der Waals surface area contributed by atoms with E-state index in [1.54, 1.807) is 24.3 Å². The number of aromatic nitrogens is 2. The third kappa shape index (κ3) is 3.73. The maximum absolute atomic E-state index is 11.8. The fourth-order valence-electron chi connectivity index (χ4n) is 1.64. The number of rotatable bonds is 5. The normalized spacial score (nSPS) is 10.3. The van der Waals surface area contributed by atoms with Crippen LogP contribution in [0.2, 0.25) is 5.02 Å². The smallest absolute Gasteiger partial charge is 0.308 e. The van der Waals surface area contributed by atoms with Crippen LogP contribution in [0.4, 0.5) is 0 Å². The first kappa shape index (κ1) is 15.8. The molecule has 0 fully saturated rings. The van der Waals surface area contributed by atoms with E-state index >= 15 is 0 Å². The Morgan fingerprint density at radius 2 is 1.82 bits per heavy atom. The number of hydrogen-bond acceptors (Lipinski definition) is 5. The molecular weight excluding hydrogens is 312 g/mol. The number of hydrogen-bond donors (Lipinski definition) is 2. The summed E-state index contributed by atoms with van der Waals surface area (Å²) in [6, 6.07) is 6.43. The van der Waals surface area contributed by atoms with Crippen molar-refractivity contribution in [2.45, 2.75) is 6.92 Å². The number of nitrogens with one attached hydrogen (secondary N) is 2. The highest BCUT2D eigenvalue weighted by Crippen LogP contribution is 2.09. The second-order valence-corrected chi connectivity index (χ2v) is 4.82. The lowest BCUT2D eigenvalue weighted by Crippen LogP contribution is -2.35. The summed E-state index contributed by atoms with van der Waals surface area (Å²) in [5, 5.41) is 20.0. The summed E-state index contributed by atoms with van der Waals surface area (Å²) in [6.07, 6.45) is 0. The summed E-state index contributed by atoms with van der Waals surface area (Å²) >= 11 is 5.73. The second-order valence-electron chi connectivity index (χ2n) is 4.38. The van der Waals surface area contributed by atoms with Gasteiger partial charge in [0.2, 0.25) is 5.69 Å². The summed E-state index contributed by atoms with van der Waals surface area (Å²) in [5.74, 6) is -0.822. The predicted molar refractivity (Wildman–Crippen MR) is 76.3 cm³/mol. The fraction of sp³-hybridized carbons (Fsp3) is 0.231. The molecule has 0 unspecified atom stereocenters. The van der Waals surface area contributed by atoms with Crippen LogP contribution in [0.25, 0.3) is 0 Å². The highest BCUT2D eigenvalue weighted by Gasteiger charge is 2.22. The number of nitrogens with zero attached hydrogens (tertiary/aromatic N) is 2. The van der Waals surface area contributed by atoms with Crippen molar-refractivity contribution in [2.24, 2.45) is 0 Å². The molecule has 0 saturated carbocycles. The van der Waals surface area contributed by atoms with Gasteiger partial charge in [-0.2, -0.15) is 0 Å². The Kier molecular flexibility index (Phi) is 4.95. The Morgan fingerprint density at radius 1 is 1.23 bits per heavy atom. The van der Waals surface area contributed by atoms with Crippen molar-refractivity contribution in [3.8, 4) is 0 Å². The van der Waals surface area contributed by atoms with E-state index < -0.39 is 5.91 Å². The molecule has 22 heavy (non-hydrogen) atoms. The third-order valence-electron chi connectivity index (χ3n) is 2.84. The van der Waals surface area contributed by atoms with Crippen LogP contribution in [0.3, 0.4) is 0 Å². The first-order valence-corrected chi connectivity index (χ1v) is 6.75. The molecule has 0 radical (unpaired) electrons. The van der Waals surface area contributed by atoms with Crippen molar-refractivity contribution in [1.29, 1.82) is 0 Å². The Balaban J connectivity index is 1.77. The minimum absolute atomic E-state index is 0.0719. The zero-order chi connectivity index (χ0) is 16.1. The molecular formula is C13H13ClN4O4. The molecule has 2 aromatic rings. The molecule has 0 bridgehead atoms. The van der Waals surface area contributed by atoms with Gasteiger partial charge in [0.1, 0.15) is 0 Å². The average Bonchev–Trinajstić information content (AvgIpc) is 2.84. The summed E-state index contributed by atoms with van der Waals surface area (Å²) in [7, 11) is 0. The Morgan fingerprint density at radius 3 is 2.36 bits per heavy atom. The number of benzene rings is 1. The van der Waals surface area contributed by atoms with Gasteiger partial charge >= 0.3 is 11.6 Å². The van der Waals surface area contributed by atoms with Gasteiger partial charge in [-0.25, -0.2) is 0 Å². The molecule has 0 aliphatic carbocycles. The van der Waals surface area contributed by atoms with Crippen LogP contribution in [-0.4, -0.2) is 30.1 Å². The SMILES string of the molecule is Cc1c(C(=O)NCCNC(=O)c2ccc(Cl)cc2)no[n+]1[O-]. The van der Waals surface area contributed by atoms with Gasteiger partial charge < -0.3 is 15.8 Å². The van der Waals surface area contributed by atoms with Crippen LogP contribution in [-0.2, 0) is 0 Å². The highest BCUT2D eigenvalue weighted by molar-refractivity contribution is 6.30. The zero-order valence-corrected chi connectivity index (χ0v) is 12.4. The number of carbonyl (C=O) groups is 2. The van der Waals surface area contributed by atoms with Crippen molar-refractivity contribution in [3.05, 3.63) is 51.4 Å². The van der Waals surface area contributed by atoms with Crippen LogP contribution in [0.15, 0.2) is 28.9 Å². The van der Waals surface area contributed by atoms with Gasteiger partial charge in [0.15, 0.2) is 0 Å². The lowest BCUT2D eigenvalue weighted by atomic mass is 10.2. The molecule has 0 saturated heterocycles. The Bertz CT molecular complexity index is 684. The van der Waals surface area contributed by atoms with Gasteiger partial charge in [0, 0.05) is 30.6 Å². The maximum Gasteiger partial charge on any atom is 0.308 e. The number of carbonyl (C=O) groups excluding carboxylic acids is 2. The van der Waals surface area contributed by atoms with Crippen LogP contribution in [0.1, 0.15) is 26.5 Å². The van der Waals surface area contributed by atoms with E-state index in [0.29, 0.717) is 10.6 Å². The van der Waals surface area contributed by atoms with Crippen molar-refractivity contribution in [2.75, 3.05) is 13.1 Å². The minimum Gasteiger partial charge on any atom is -0.359 e. The molecule has 1 aromatic heterocycles. The molecule has 116 valence electrons. The minimum atomic E-state index is -0.545. The fourth-order valence-corrected chi connectivity index (χ4v) is 1.76. The van der Waals surface area contributed by atoms with E-state index in [1.165, 1.54) is 6.92 Å². The lowest BCUT2D eigenvalue weighted by molar-refractivity contribution is -0.806. The van der Waals surface area contributed by atoms with Crippen LogP contribution < -0.4 is 15.5 Å². The number of halogens is 1. The quantitative estimate of drug-likeness (QED) is 0.612. The van der Waals surface area contributed by atoms with Gasteiger partial charge in [-0.1, -0.05) is 11.6 Å². The second kappa shape index (κ2) is 6.90. The lowest BCUT2D eigenvalue weighted by Gasteiger charge is -2.05. The van der Waals surface area contributed by atoms with Crippen molar-refractivity contribution in [3.63, 3.8) is 0 Å². The molecule has 0 aliphatic heterocycles. The van der Waals surface area contributed by atoms with Crippen molar-refractivity contribution < 1.29 is 19.1 Å². The molecule has 0 atom stereocenters. The van der Waals surface area contributed by atoms with Crippen LogP contribution >= 0.6 is 11.6 Å². The summed E-state index contributed by atoms with van der Waals surface area (Å²) in [4.78, 5) is 23.7. The van der Waals surface area contributed by atoms with E-state index in [4.69, 9.17) is 11.6 Å². The summed E-state index contributed by atoms with van der Waals surface area (Å²) < 4.78 is 4.30. The average molecular weight is 325 g/mol. The topological polar surface area (TPSA) is 111 Å². The number of amides is 2.